The van der Waals surface area contributed by atoms with Gasteiger partial charge in [0.2, 0.25) is 0 Å². The Kier molecular flexibility index (Phi) is 4.43. The van der Waals surface area contributed by atoms with Crippen molar-refractivity contribution in [3.05, 3.63) is 34.9 Å². The molecule has 3 atom stereocenters. The first-order valence-corrected chi connectivity index (χ1v) is 6.67. The molecule has 3 heteroatoms. The zero-order valence-electron chi connectivity index (χ0n) is 10.4. The van der Waals surface area contributed by atoms with Gasteiger partial charge in [0, 0.05) is 17.6 Å². The Morgan fingerprint density at radius 2 is 2.29 bits per heavy atom. The summed E-state index contributed by atoms with van der Waals surface area (Å²) >= 11 is 5.98. The molecule has 1 aromatic rings. The van der Waals surface area contributed by atoms with Crippen molar-refractivity contribution in [3.63, 3.8) is 0 Å². The van der Waals surface area contributed by atoms with Gasteiger partial charge < -0.3 is 10.1 Å². The summed E-state index contributed by atoms with van der Waals surface area (Å²) in [4.78, 5) is 0. The van der Waals surface area contributed by atoms with Gasteiger partial charge in [0.05, 0.1) is 12.2 Å². The van der Waals surface area contributed by atoms with Crippen molar-refractivity contribution < 1.29 is 4.74 Å². The van der Waals surface area contributed by atoms with Crippen molar-refractivity contribution in [2.45, 2.75) is 44.9 Å². The molecule has 0 aromatic heterocycles. The van der Waals surface area contributed by atoms with Gasteiger partial charge in [0.25, 0.3) is 0 Å². The van der Waals surface area contributed by atoms with Crippen molar-refractivity contribution >= 4 is 11.6 Å². The molecule has 0 saturated carbocycles. The number of hydrogen-bond donors (Lipinski definition) is 1. The maximum absolute atomic E-state index is 5.98. The number of hydrogen-bond acceptors (Lipinski definition) is 2. The van der Waals surface area contributed by atoms with Crippen LogP contribution in [0.2, 0.25) is 5.02 Å². The quantitative estimate of drug-likeness (QED) is 0.886. The largest absolute Gasteiger partial charge is 0.374 e. The lowest BCUT2D eigenvalue weighted by atomic mass is 10.1. The summed E-state index contributed by atoms with van der Waals surface area (Å²) < 4.78 is 5.78. The summed E-state index contributed by atoms with van der Waals surface area (Å²) in [5.41, 5.74) is 1.23. The van der Waals surface area contributed by atoms with E-state index in [4.69, 9.17) is 16.3 Å². The maximum Gasteiger partial charge on any atom is 0.0704 e. The molecule has 2 rings (SSSR count). The Bertz CT molecular complexity index is 369. The molecule has 0 amide bonds. The van der Waals surface area contributed by atoms with Crippen LogP contribution in [-0.2, 0) is 4.74 Å². The van der Waals surface area contributed by atoms with Crippen LogP contribution in [0.25, 0.3) is 0 Å². The summed E-state index contributed by atoms with van der Waals surface area (Å²) in [6.45, 7) is 5.21. The molecule has 94 valence electrons. The Morgan fingerprint density at radius 3 is 2.94 bits per heavy atom. The van der Waals surface area contributed by atoms with E-state index in [1.54, 1.807) is 0 Å². The molecule has 1 fully saturated rings. The summed E-state index contributed by atoms with van der Waals surface area (Å²) in [7, 11) is 0. The van der Waals surface area contributed by atoms with E-state index in [1.807, 2.05) is 18.2 Å². The van der Waals surface area contributed by atoms with E-state index in [9.17, 15) is 0 Å². The van der Waals surface area contributed by atoms with Gasteiger partial charge in [0.1, 0.15) is 0 Å². The van der Waals surface area contributed by atoms with E-state index in [1.165, 1.54) is 12.0 Å². The fourth-order valence-corrected chi connectivity index (χ4v) is 2.44. The Morgan fingerprint density at radius 1 is 1.47 bits per heavy atom. The van der Waals surface area contributed by atoms with Crippen molar-refractivity contribution in [1.29, 1.82) is 0 Å². The normalized spacial score (nSPS) is 26.1. The second-order valence-corrected chi connectivity index (χ2v) is 5.27. The SMILES string of the molecule is CC1CCC(CN[C@H](C)c2cccc(Cl)c2)O1. The van der Waals surface area contributed by atoms with E-state index in [-0.39, 0.29) is 0 Å². The van der Waals surface area contributed by atoms with Gasteiger partial charge >= 0.3 is 0 Å². The minimum Gasteiger partial charge on any atom is -0.374 e. The minimum absolute atomic E-state index is 0.313. The van der Waals surface area contributed by atoms with Crippen molar-refractivity contribution in [2.24, 2.45) is 0 Å². The van der Waals surface area contributed by atoms with Gasteiger partial charge in [-0.2, -0.15) is 0 Å². The zero-order chi connectivity index (χ0) is 12.3. The lowest BCUT2D eigenvalue weighted by molar-refractivity contribution is 0.0546. The van der Waals surface area contributed by atoms with Crippen LogP contribution in [0.1, 0.15) is 38.3 Å². The van der Waals surface area contributed by atoms with E-state index in [0.717, 1.165) is 18.0 Å². The molecule has 1 aliphatic heterocycles. The van der Waals surface area contributed by atoms with E-state index < -0.39 is 0 Å². The van der Waals surface area contributed by atoms with Crippen LogP contribution in [0.4, 0.5) is 0 Å². The topological polar surface area (TPSA) is 21.3 Å². The predicted molar refractivity (Wildman–Crippen MR) is 71.4 cm³/mol. The van der Waals surface area contributed by atoms with Crippen molar-refractivity contribution in [1.82, 2.24) is 5.32 Å². The molecule has 0 aliphatic carbocycles. The van der Waals surface area contributed by atoms with Gasteiger partial charge in [-0.05, 0) is 44.4 Å². The Hall–Kier alpha value is -0.570. The summed E-state index contributed by atoms with van der Waals surface area (Å²) in [6, 6.07) is 8.32. The van der Waals surface area contributed by atoms with Crippen LogP contribution in [-0.4, -0.2) is 18.8 Å². The molecule has 2 unspecified atom stereocenters. The van der Waals surface area contributed by atoms with Gasteiger partial charge in [-0.1, -0.05) is 23.7 Å². The third kappa shape index (κ3) is 3.70. The zero-order valence-corrected chi connectivity index (χ0v) is 11.2. The van der Waals surface area contributed by atoms with E-state index in [0.29, 0.717) is 18.2 Å². The average molecular weight is 254 g/mol. The number of rotatable bonds is 4. The number of benzene rings is 1. The molecule has 1 N–H and O–H groups in total. The van der Waals surface area contributed by atoms with Gasteiger partial charge in [-0.25, -0.2) is 0 Å². The van der Waals surface area contributed by atoms with E-state index >= 15 is 0 Å². The lowest BCUT2D eigenvalue weighted by Crippen LogP contribution is -2.29. The van der Waals surface area contributed by atoms with Crippen LogP contribution < -0.4 is 5.32 Å². The highest BCUT2D eigenvalue weighted by molar-refractivity contribution is 6.30. The van der Waals surface area contributed by atoms with Gasteiger partial charge in [0.15, 0.2) is 0 Å². The molecular formula is C14H20ClNO. The second kappa shape index (κ2) is 5.85. The number of ether oxygens (including phenoxy) is 1. The smallest absolute Gasteiger partial charge is 0.0704 e. The fraction of sp³-hybridized carbons (Fsp3) is 0.571. The Labute approximate surface area is 108 Å². The monoisotopic (exact) mass is 253 g/mol. The van der Waals surface area contributed by atoms with Crippen LogP contribution in [0.3, 0.4) is 0 Å². The third-order valence-electron chi connectivity index (χ3n) is 3.32. The molecule has 1 aliphatic rings. The summed E-state index contributed by atoms with van der Waals surface area (Å²) in [5.74, 6) is 0. The molecule has 0 spiro atoms. The highest BCUT2D eigenvalue weighted by atomic mass is 35.5. The van der Waals surface area contributed by atoms with Crippen molar-refractivity contribution in [2.75, 3.05) is 6.54 Å². The Balaban J connectivity index is 1.83. The highest BCUT2D eigenvalue weighted by Gasteiger charge is 2.21. The summed E-state index contributed by atoms with van der Waals surface area (Å²) in [6.07, 6.45) is 3.13. The fourth-order valence-electron chi connectivity index (χ4n) is 2.24. The summed E-state index contributed by atoms with van der Waals surface area (Å²) in [5, 5.41) is 4.30. The van der Waals surface area contributed by atoms with Gasteiger partial charge in [-0.15, -0.1) is 0 Å². The number of nitrogens with one attached hydrogen (secondary N) is 1. The predicted octanol–water partition coefficient (Wildman–Crippen LogP) is 3.56. The van der Waals surface area contributed by atoms with Crippen LogP contribution in [0, 0.1) is 0 Å². The molecule has 1 heterocycles. The van der Waals surface area contributed by atoms with Crippen LogP contribution in [0.5, 0.6) is 0 Å². The third-order valence-corrected chi connectivity index (χ3v) is 3.56. The minimum atomic E-state index is 0.313. The molecule has 17 heavy (non-hydrogen) atoms. The molecule has 0 radical (unpaired) electrons. The molecule has 1 aromatic carbocycles. The van der Waals surface area contributed by atoms with E-state index in [2.05, 4.69) is 25.2 Å². The highest BCUT2D eigenvalue weighted by Crippen LogP contribution is 2.20. The van der Waals surface area contributed by atoms with Crippen molar-refractivity contribution in [3.8, 4) is 0 Å². The standard InChI is InChI=1S/C14H20ClNO/c1-10-6-7-14(17-10)9-16-11(2)12-4-3-5-13(15)8-12/h3-5,8,10-11,14,16H,6-7,9H2,1-2H3/t10?,11-,14?/m1/s1. The average Bonchev–Trinajstić information content (AvgIpc) is 2.72. The molecule has 1 saturated heterocycles. The first-order valence-electron chi connectivity index (χ1n) is 6.29. The second-order valence-electron chi connectivity index (χ2n) is 4.83. The van der Waals surface area contributed by atoms with Crippen LogP contribution >= 0.6 is 11.6 Å². The van der Waals surface area contributed by atoms with Crippen LogP contribution in [0.15, 0.2) is 24.3 Å². The maximum atomic E-state index is 5.98. The van der Waals surface area contributed by atoms with Gasteiger partial charge in [-0.3, -0.25) is 0 Å². The first kappa shape index (κ1) is 12.9. The first-order chi connectivity index (χ1) is 8.15. The molecular weight excluding hydrogens is 234 g/mol. The lowest BCUT2D eigenvalue weighted by Gasteiger charge is -2.18. The number of halogens is 1. The molecule has 2 nitrogen and oxygen atoms in total. The molecule has 0 bridgehead atoms.